The summed E-state index contributed by atoms with van der Waals surface area (Å²) >= 11 is 15.3. The van der Waals surface area contributed by atoms with Crippen molar-refractivity contribution in [3.8, 4) is 21.8 Å². The molecule has 0 bridgehead atoms. The molecule has 0 aliphatic rings. The van der Waals surface area contributed by atoms with Gasteiger partial charge < -0.3 is 11.5 Å². The first-order valence-corrected chi connectivity index (χ1v) is 9.57. The van der Waals surface area contributed by atoms with E-state index in [2.05, 4.69) is 15.0 Å². The zero-order valence-corrected chi connectivity index (χ0v) is 16.0. The summed E-state index contributed by atoms with van der Waals surface area (Å²) in [6.45, 7) is 1.99. The molecule has 4 N–H and O–H groups in total. The second-order valence-electron chi connectivity index (χ2n) is 5.34. The molecule has 0 aliphatic heterocycles. The number of thiophene rings is 1. The molecule has 9 heteroatoms. The zero-order chi connectivity index (χ0) is 17.7. The summed E-state index contributed by atoms with van der Waals surface area (Å²) in [5, 5.41) is 2.47. The van der Waals surface area contributed by atoms with E-state index in [-0.39, 0.29) is 5.95 Å². The smallest absolute Gasteiger partial charge is 0.221 e. The Bertz CT molecular complexity index is 1120. The summed E-state index contributed by atoms with van der Waals surface area (Å²) in [6.07, 6.45) is 0. The van der Waals surface area contributed by atoms with Crippen LogP contribution in [0.1, 0.15) is 4.88 Å². The van der Waals surface area contributed by atoms with Crippen LogP contribution < -0.4 is 11.5 Å². The van der Waals surface area contributed by atoms with E-state index in [4.69, 9.17) is 34.7 Å². The number of nitrogen functional groups attached to an aromatic ring is 2. The van der Waals surface area contributed by atoms with E-state index in [0.29, 0.717) is 20.9 Å². The lowest BCUT2D eigenvalue weighted by Gasteiger charge is -2.06. The molecule has 4 rings (SSSR count). The number of fused-ring (bicyclic) bond motifs is 1. The Labute approximate surface area is 161 Å². The molecular weight excluding hydrogens is 397 g/mol. The lowest BCUT2D eigenvalue weighted by Crippen LogP contribution is -1.96. The molecule has 0 unspecified atom stereocenters. The van der Waals surface area contributed by atoms with Crippen LogP contribution in [-0.4, -0.2) is 15.0 Å². The maximum atomic E-state index is 6.36. The van der Waals surface area contributed by atoms with Crippen LogP contribution in [0.3, 0.4) is 0 Å². The second kappa shape index (κ2) is 6.10. The molecule has 0 amide bonds. The first kappa shape index (κ1) is 16.5. The maximum Gasteiger partial charge on any atom is 0.221 e. The van der Waals surface area contributed by atoms with Crippen molar-refractivity contribution in [3.05, 3.63) is 39.2 Å². The minimum Gasteiger partial charge on any atom is -0.375 e. The highest BCUT2D eigenvalue weighted by atomic mass is 35.5. The number of aromatic nitrogens is 3. The van der Waals surface area contributed by atoms with Crippen LogP contribution in [0.2, 0.25) is 10.0 Å². The number of aryl methyl sites for hydroxylation is 1. The van der Waals surface area contributed by atoms with Crippen LogP contribution in [0.5, 0.6) is 0 Å². The normalized spacial score (nSPS) is 11.3. The van der Waals surface area contributed by atoms with Crippen LogP contribution >= 0.6 is 45.9 Å². The minimum absolute atomic E-state index is 0.191. The minimum atomic E-state index is 0.191. The number of nitrogens with zero attached hydrogens (tertiary/aromatic N) is 3. The molecule has 126 valence electrons. The Hall–Kier alpha value is -1.93. The van der Waals surface area contributed by atoms with E-state index in [1.54, 1.807) is 12.1 Å². The summed E-state index contributed by atoms with van der Waals surface area (Å²) in [5.41, 5.74) is 14.0. The highest BCUT2D eigenvalue weighted by molar-refractivity contribution is 7.22. The Balaban J connectivity index is 1.98. The molecule has 0 fully saturated rings. The molecule has 0 saturated carbocycles. The fourth-order valence-electron chi connectivity index (χ4n) is 2.59. The van der Waals surface area contributed by atoms with Gasteiger partial charge in [-0.1, -0.05) is 23.2 Å². The number of nitrogens with two attached hydrogens (primary N) is 2. The van der Waals surface area contributed by atoms with Gasteiger partial charge in [0.25, 0.3) is 0 Å². The van der Waals surface area contributed by atoms with E-state index in [1.165, 1.54) is 22.7 Å². The van der Waals surface area contributed by atoms with Crippen molar-refractivity contribution >= 4 is 67.2 Å². The van der Waals surface area contributed by atoms with Gasteiger partial charge in [0, 0.05) is 20.8 Å². The first-order valence-electron chi connectivity index (χ1n) is 7.18. The monoisotopic (exact) mass is 407 g/mol. The van der Waals surface area contributed by atoms with Gasteiger partial charge in [-0.3, -0.25) is 0 Å². The van der Waals surface area contributed by atoms with Gasteiger partial charge in [0.2, 0.25) is 5.95 Å². The number of halogens is 2. The van der Waals surface area contributed by atoms with Crippen LogP contribution in [0, 0.1) is 6.92 Å². The third-order valence-corrected chi connectivity index (χ3v) is 6.03. The zero-order valence-electron chi connectivity index (χ0n) is 12.9. The molecular formula is C16H11Cl2N5S2. The van der Waals surface area contributed by atoms with Gasteiger partial charge in [-0.05, 0) is 31.2 Å². The third-order valence-electron chi connectivity index (χ3n) is 3.64. The molecule has 0 aliphatic carbocycles. The molecule has 0 radical (unpaired) electrons. The molecule has 3 heterocycles. The van der Waals surface area contributed by atoms with Gasteiger partial charge in [-0.15, -0.1) is 22.7 Å². The van der Waals surface area contributed by atoms with E-state index in [0.717, 1.165) is 31.2 Å². The molecule has 0 spiro atoms. The lowest BCUT2D eigenvalue weighted by molar-refractivity contribution is 1.25. The number of hydrogen-bond acceptors (Lipinski definition) is 7. The Morgan fingerprint density at radius 3 is 2.44 bits per heavy atom. The van der Waals surface area contributed by atoms with Crippen molar-refractivity contribution in [2.45, 2.75) is 6.92 Å². The summed E-state index contributed by atoms with van der Waals surface area (Å²) in [5.74, 6) is 0.191. The largest absolute Gasteiger partial charge is 0.375 e. The van der Waals surface area contributed by atoms with Gasteiger partial charge in [0.15, 0.2) is 5.13 Å². The Kier molecular flexibility index (Phi) is 4.04. The lowest BCUT2D eigenvalue weighted by atomic mass is 10.1. The van der Waals surface area contributed by atoms with Crippen molar-refractivity contribution in [2.24, 2.45) is 0 Å². The van der Waals surface area contributed by atoms with Crippen molar-refractivity contribution in [1.29, 1.82) is 0 Å². The highest BCUT2D eigenvalue weighted by Gasteiger charge is 2.18. The predicted molar refractivity (Wildman–Crippen MR) is 108 cm³/mol. The van der Waals surface area contributed by atoms with Crippen LogP contribution in [-0.2, 0) is 0 Å². The second-order valence-corrected chi connectivity index (χ2v) is 8.45. The molecule has 0 saturated heterocycles. The molecule has 3 aromatic heterocycles. The molecule has 25 heavy (non-hydrogen) atoms. The number of benzene rings is 1. The van der Waals surface area contributed by atoms with Gasteiger partial charge >= 0.3 is 0 Å². The fourth-order valence-corrected chi connectivity index (χ4v) is 4.94. The molecule has 5 nitrogen and oxygen atoms in total. The number of anilines is 2. The molecule has 1 aromatic carbocycles. The SMILES string of the molecule is Cc1sc(N)nc1-c1cc2c(-c3ccc(Cl)cc3Cl)nc(N)nc2s1. The quantitative estimate of drug-likeness (QED) is 0.472. The van der Waals surface area contributed by atoms with Crippen molar-refractivity contribution in [3.63, 3.8) is 0 Å². The Morgan fingerprint density at radius 2 is 1.76 bits per heavy atom. The summed E-state index contributed by atoms with van der Waals surface area (Å²) < 4.78 is 0. The van der Waals surface area contributed by atoms with E-state index < -0.39 is 0 Å². The van der Waals surface area contributed by atoms with Crippen LogP contribution in [0.4, 0.5) is 11.1 Å². The van der Waals surface area contributed by atoms with Crippen LogP contribution in [0.15, 0.2) is 24.3 Å². The van der Waals surface area contributed by atoms with Gasteiger partial charge in [0.1, 0.15) is 4.83 Å². The number of thiazole rings is 1. The average Bonchev–Trinajstić information content (AvgIpc) is 3.09. The van der Waals surface area contributed by atoms with E-state index in [1.807, 2.05) is 19.1 Å². The van der Waals surface area contributed by atoms with Crippen molar-refractivity contribution < 1.29 is 0 Å². The summed E-state index contributed by atoms with van der Waals surface area (Å²) in [6, 6.07) is 7.28. The molecule has 0 atom stereocenters. The van der Waals surface area contributed by atoms with Crippen molar-refractivity contribution in [2.75, 3.05) is 11.5 Å². The first-order chi connectivity index (χ1) is 11.9. The fraction of sp³-hybridized carbons (Fsp3) is 0.0625. The highest BCUT2D eigenvalue weighted by Crippen LogP contribution is 2.41. The van der Waals surface area contributed by atoms with Gasteiger partial charge in [-0.2, -0.15) is 0 Å². The van der Waals surface area contributed by atoms with E-state index >= 15 is 0 Å². The topological polar surface area (TPSA) is 90.7 Å². The maximum absolute atomic E-state index is 6.36. The number of hydrogen-bond donors (Lipinski definition) is 2. The average molecular weight is 408 g/mol. The third kappa shape index (κ3) is 2.93. The van der Waals surface area contributed by atoms with Gasteiger partial charge in [0.05, 0.1) is 21.3 Å². The Morgan fingerprint density at radius 1 is 0.960 bits per heavy atom. The van der Waals surface area contributed by atoms with E-state index in [9.17, 15) is 0 Å². The van der Waals surface area contributed by atoms with Gasteiger partial charge in [-0.25, -0.2) is 15.0 Å². The van der Waals surface area contributed by atoms with Crippen molar-refractivity contribution in [1.82, 2.24) is 15.0 Å². The standard InChI is InChI=1S/C16H11Cl2N5S2/c1-6-12(22-16(20)24-6)11-5-9-13(21-15(19)23-14(9)25-11)8-3-2-7(17)4-10(8)18/h2-5H,1H3,(H2,20,22)(H2,19,21,23). The number of rotatable bonds is 2. The summed E-state index contributed by atoms with van der Waals surface area (Å²) in [7, 11) is 0. The van der Waals surface area contributed by atoms with Crippen LogP contribution in [0.25, 0.3) is 32.0 Å². The predicted octanol–water partition coefficient (Wildman–Crippen LogP) is 5.26. The summed E-state index contributed by atoms with van der Waals surface area (Å²) in [4.78, 5) is 16.0. The molecule has 4 aromatic rings.